The van der Waals surface area contributed by atoms with Crippen LogP contribution in [0.5, 0.6) is 0 Å². The highest BCUT2D eigenvalue weighted by molar-refractivity contribution is 7.89. The molecule has 1 saturated heterocycles. The van der Waals surface area contributed by atoms with Crippen molar-refractivity contribution in [2.45, 2.75) is 37.4 Å². The predicted octanol–water partition coefficient (Wildman–Crippen LogP) is 3.53. The van der Waals surface area contributed by atoms with Crippen molar-refractivity contribution in [1.82, 2.24) is 4.31 Å². The minimum absolute atomic E-state index is 0. The average Bonchev–Trinajstić information content (AvgIpc) is 2.40. The third-order valence-corrected chi connectivity index (χ3v) is 6.28. The summed E-state index contributed by atoms with van der Waals surface area (Å²) < 4.78 is 66.0. The number of halogens is 5. The lowest BCUT2D eigenvalue weighted by Crippen LogP contribution is -2.54. The van der Waals surface area contributed by atoms with Crippen LogP contribution in [0, 0.1) is 5.41 Å². The Morgan fingerprint density at radius 3 is 2.42 bits per heavy atom. The molecule has 24 heavy (non-hydrogen) atoms. The molecule has 0 bridgehead atoms. The Bertz CT molecular complexity index is 708. The van der Waals surface area contributed by atoms with Crippen molar-refractivity contribution in [3.63, 3.8) is 0 Å². The molecule has 0 aromatic heterocycles. The van der Waals surface area contributed by atoms with E-state index < -0.39 is 32.1 Å². The molecule has 1 heterocycles. The number of nitrogens with zero attached hydrogens (tertiary/aromatic N) is 1. The van der Waals surface area contributed by atoms with Gasteiger partial charge in [0, 0.05) is 24.2 Å². The SMILES string of the molecule is CC1(C)CN(S(=O)(=O)c2ccc(Cl)cc2C(F)(F)F)CCC1N.Cl. The molecule has 4 nitrogen and oxygen atoms in total. The topological polar surface area (TPSA) is 63.4 Å². The highest BCUT2D eigenvalue weighted by Gasteiger charge is 2.43. The third-order valence-electron chi connectivity index (χ3n) is 4.14. The first-order valence-corrected chi connectivity index (χ1v) is 8.80. The molecule has 1 aromatic carbocycles. The number of sulfonamides is 1. The van der Waals surface area contributed by atoms with E-state index in [-0.39, 0.29) is 36.6 Å². The third kappa shape index (κ3) is 4.16. The molecular weight excluding hydrogens is 388 g/mol. The normalized spacial score (nSPS) is 22.0. The highest BCUT2D eigenvalue weighted by atomic mass is 35.5. The zero-order valence-corrected chi connectivity index (χ0v) is 15.5. The molecule has 10 heteroatoms. The van der Waals surface area contributed by atoms with Gasteiger partial charge in [-0.2, -0.15) is 17.5 Å². The molecule has 2 rings (SSSR count). The van der Waals surface area contributed by atoms with Crippen molar-refractivity contribution in [1.29, 1.82) is 0 Å². The van der Waals surface area contributed by atoms with Crippen molar-refractivity contribution < 1.29 is 21.6 Å². The summed E-state index contributed by atoms with van der Waals surface area (Å²) in [6, 6.07) is 2.48. The first kappa shape index (κ1) is 21.5. The average molecular weight is 407 g/mol. The van der Waals surface area contributed by atoms with E-state index in [9.17, 15) is 21.6 Å². The first-order chi connectivity index (χ1) is 10.4. The van der Waals surface area contributed by atoms with Gasteiger partial charge in [-0.3, -0.25) is 0 Å². The predicted molar refractivity (Wildman–Crippen MR) is 88.8 cm³/mol. The maximum absolute atomic E-state index is 13.2. The lowest BCUT2D eigenvalue weighted by atomic mass is 9.81. The van der Waals surface area contributed by atoms with Gasteiger partial charge in [0.25, 0.3) is 0 Å². The van der Waals surface area contributed by atoms with E-state index in [0.29, 0.717) is 12.5 Å². The zero-order valence-electron chi connectivity index (χ0n) is 13.1. The largest absolute Gasteiger partial charge is 0.417 e. The molecule has 1 fully saturated rings. The fraction of sp³-hybridized carbons (Fsp3) is 0.571. The summed E-state index contributed by atoms with van der Waals surface area (Å²) >= 11 is 5.60. The van der Waals surface area contributed by atoms with E-state index in [0.717, 1.165) is 16.4 Å². The van der Waals surface area contributed by atoms with Crippen molar-refractivity contribution in [3.8, 4) is 0 Å². The molecule has 0 radical (unpaired) electrons. The van der Waals surface area contributed by atoms with Gasteiger partial charge < -0.3 is 5.73 Å². The second-order valence-electron chi connectivity index (χ2n) is 6.36. The van der Waals surface area contributed by atoms with Gasteiger partial charge in [0.2, 0.25) is 10.0 Å². The second-order valence-corrected chi connectivity index (χ2v) is 8.70. The summed E-state index contributed by atoms with van der Waals surface area (Å²) in [6.07, 6.45) is -4.42. The molecule has 2 N–H and O–H groups in total. The first-order valence-electron chi connectivity index (χ1n) is 6.98. The molecule has 1 aliphatic heterocycles. The molecule has 1 atom stereocenters. The maximum Gasteiger partial charge on any atom is 0.417 e. The summed E-state index contributed by atoms with van der Waals surface area (Å²) in [4.78, 5) is -0.777. The van der Waals surface area contributed by atoms with Crippen LogP contribution < -0.4 is 5.73 Å². The van der Waals surface area contributed by atoms with Gasteiger partial charge in [-0.05, 0) is 30.0 Å². The molecular formula is C14H19Cl2F3N2O2S. The van der Waals surface area contributed by atoms with Gasteiger partial charge in [-0.1, -0.05) is 25.4 Å². The molecule has 138 valence electrons. The molecule has 1 aliphatic rings. The minimum atomic E-state index is -4.81. The molecule has 1 unspecified atom stereocenters. The zero-order chi connectivity index (χ0) is 17.6. The number of hydrogen-bond donors (Lipinski definition) is 1. The minimum Gasteiger partial charge on any atom is -0.327 e. The van der Waals surface area contributed by atoms with Gasteiger partial charge >= 0.3 is 6.18 Å². The van der Waals surface area contributed by atoms with Crippen LogP contribution in [-0.4, -0.2) is 31.9 Å². The van der Waals surface area contributed by atoms with Crippen LogP contribution in [0.4, 0.5) is 13.2 Å². The Labute approximate surface area is 150 Å². The molecule has 0 spiro atoms. The van der Waals surface area contributed by atoms with E-state index in [1.165, 1.54) is 0 Å². The van der Waals surface area contributed by atoms with Crippen LogP contribution in [0.15, 0.2) is 23.1 Å². The number of hydrogen-bond acceptors (Lipinski definition) is 3. The lowest BCUT2D eigenvalue weighted by Gasteiger charge is -2.42. The van der Waals surface area contributed by atoms with E-state index in [1.54, 1.807) is 13.8 Å². The summed E-state index contributed by atoms with van der Waals surface area (Å²) in [6.45, 7) is 3.75. The number of rotatable bonds is 2. The van der Waals surface area contributed by atoms with Gasteiger partial charge in [0.15, 0.2) is 0 Å². The molecule has 0 amide bonds. The fourth-order valence-electron chi connectivity index (χ4n) is 2.62. The maximum atomic E-state index is 13.2. The van der Waals surface area contributed by atoms with Crippen LogP contribution in [0.2, 0.25) is 5.02 Å². The summed E-state index contributed by atoms with van der Waals surface area (Å²) in [7, 11) is -4.29. The molecule has 1 aromatic rings. The van der Waals surface area contributed by atoms with Crippen LogP contribution in [0.1, 0.15) is 25.8 Å². The Balaban J connectivity index is 0.00000288. The Morgan fingerprint density at radius 1 is 1.33 bits per heavy atom. The monoisotopic (exact) mass is 406 g/mol. The van der Waals surface area contributed by atoms with E-state index in [2.05, 4.69) is 0 Å². The van der Waals surface area contributed by atoms with Gasteiger partial charge in [-0.25, -0.2) is 8.42 Å². The van der Waals surface area contributed by atoms with Crippen LogP contribution in [-0.2, 0) is 16.2 Å². The molecule has 0 aliphatic carbocycles. The van der Waals surface area contributed by atoms with E-state index >= 15 is 0 Å². The van der Waals surface area contributed by atoms with Gasteiger partial charge in [0.05, 0.1) is 10.5 Å². The Hall–Kier alpha value is -0.540. The van der Waals surface area contributed by atoms with Crippen molar-refractivity contribution in [2.75, 3.05) is 13.1 Å². The number of piperidine rings is 1. The number of alkyl halides is 3. The van der Waals surface area contributed by atoms with Gasteiger partial charge in [-0.15, -0.1) is 12.4 Å². The summed E-state index contributed by atoms with van der Waals surface area (Å²) in [5.74, 6) is 0. The van der Waals surface area contributed by atoms with Crippen molar-refractivity contribution >= 4 is 34.0 Å². The quantitative estimate of drug-likeness (QED) is 0.816. The van der Waals surface area contributed by atoms with Crippen LogP contribution >= 0.6 is 24.0 Å². The van der Waals surface area contributed by atoms with Crippen molar-refractivity contribution in [3.05, 3.63) is 28.8 Å². The standard InChI is InChI=1S/C14H18ClF3N2O2S.ClH/c1-13(2)8-20(6-5-12(13)19)23(21,22)11-4-3-9(15)7-10(11)14(16,17)18;/h3-4,7,12H,5-6,8,19H2,1-2H3;1H. The smallest absolute Gasteiger partial charge is 0.327 e. The van der Waals surface area contributed by atoms with Gasteiger partial charge in [0.1, 0.15) is 0 Å². The molecule has 0 saturated carbocycles. The lowest BCUT2D eigenvalue weighted by molar-refractivity contribution is -0.139. The summed E-state index contributed by atoms with van der Waals surface area (Å²) in [5, 5.41) is -0.169. The second kappa shape index (κ2) is 6.99. The van der Waals surface area contributed by atoms with Crippen LogP contribution in [0.25, 0.3) is 0 Å². The number of nitrogens with two attached hydrogens (primary N) is 1. The number of benzene rings is 1. The van der Waals surface area contributed by atoms with Crippen LogP contribution in [0.3, 0.4) is 0 Å². The van der Waals surface area contributed by atoms with E-state index in [4.69, 9.17) is 17.3 Å². The Morgan fingerprint density at radius 2 is 1.92 bits per heavy atom. The highest BCUT2D eigenvalue weighted by Crippen LogP contribution is 2.38. The van der Waals surface area contributed by atoms with Crippen molar-refractivity contribution in [2.24, 2.45) is 11.1 Å². The summed E-state index contributed by atoms with van der Waals surface area (Å²) in [5.41, 5.74) is 4.19. The van der Waals surface area contributed by atoms with E-state index in [1.807, 2.05) is 0 Å². The fourth-order valence-corrected chi connectivity index (χ4v) is 4.61. The Kier molecular flexibility index (Phi) is 6.27.